The van der Waals surface area contributed by atoms with Crippen LogP contribution in [0.15, 0.2) is 3.34 Å². The molecule has 0 bridgehead atoms. The Labute approximate surface area is 184 Å². The van der Waals surface area contributed by atoms with Gasteiger partial charge in [-0.2, -0.15) is 24.7 Å². The summed E-state index contributed by atoms with van der Waals surface area (Å²) in [7, 11) is 1.00. The number of aliphatic hydroxyl groups is 1. The van der Waals surface area contributed by atoms with Crippen molar-refractivity contribution in [2.45, 2.75) is 100.0 Å². The molecule has 3 heteroatoms. The molecular weight excluding hydrogens is 411 g/mol. The third-order valence-electron chi connectivity index (χ3n) is 6.79. The van der Waals surface area contributed by atoms with Crippen LogP contribution in [-0.2, 0) is 20.9 Å². The van der Waals surface area contributed by atoms with Crippen molar-refractivity contribution in [1.29, 1.82) is 0 Å². The van der Waals surface area contributed by atoms with Crippen LogP contribution in [-0.4, -0.2) is 17.8 Å². The fourth-order valence-corrected chi connectivity index (χ4v) is 3.78. The zero-order chi connectivity index (χ0) is 21.6. The molecule has 0 spiro atoms. The van der Waals surface area contributed by atoms with Crippen LogP contribution in [0.25, 0.3) is 0 Å². The van der Waals surface area contributed by atoms with Gasteiger partial charge in [0.25, 0.3) is 0 Å². The van der Waals surface area contributed by atoms with Gasteiger partial charge in [-0.05, 0) is 11.8 Å². The van der Waals surface area contributed by atoms with Gasteiger partial charge in [0.15, 0.2) is 0 Å². The molecule has 0 radical (unpaired) electrons. The molecule has 2 aliphatic rings. The molecule has 0 aliphatic heterocycles. The second-order valence-electron chi connectivity index (χ2n) is 9.30. The van der Waals surface area contributed by atoms with Gasteiger partial charge >= 0.3 is 57.0 Å². The zero-order valence-electron chi connectivity index (χ0n) is 20.0. The maximum Gasteiger partial charge on any atom is 0.0319 e. The third kappa shape index (κ3) is 13.4. The Kier molecular flexibility index (Phi) is 17.9. The van der Waals surface area contributed by atoms with Gasteiger partial charge in [0.1, 0.15) is 0 Å². The molecule has 0 aromatic carbocycles. The SMILES string of the molecule is CC1CC[CH-]CC1.CC1[CH-]C(C)C(C)C(C)C1C.CCC(C)(C)[N]=[Nb].CO. The summed E-state index contributed by atoms with van der Waals surface area (Å²) in [6.07, 6.45) is 11.7. The second-order valence-corrected chi connectivity index (χ2v) is 9.79. The fourth-order valence-electron chi connectivity index (χ4n) is 3.43. The number of rotatable bonds is 2. The first-order chi connectivity index (χ1) is 12.6. The van der Waals surface area contributed by atoms with E-state index < -0.39 is 0 Å². The number of hydrogen-bond acceptors (Lipinski definition) is 2. The second kappa shape index (κ2) is 16.3. The number of aliphatic hydroxyl groups excluding tert-OH is 1. The van der Waals surface area contributed by atoms with E-state index in [1.807, 2.05) is 0 Å². The smallest absolute Gasteiger partial charge is 0.0319 e. The van der Waals surface area contributed by atoms with Crippen LogP contribution in [0.1, 0.15) is 94.4 Å². The van der Waals surface area contributed by atoms with E-state index >= 15 is 0 Å². The molecular formula is C24H49NNbO-2. The summed E-state index contributed by atoms with van der Waals surface area (Å²) in [4.78, 5) is 0. The molecule has 163 valence electrons. The first kappa shape index (κ1) is 29.7. The molecule has 4 unspecified atom stereocenters. The molecule has 0 amide bonds. The molecule has 2 aliphatic carbocycles. The molecule has 0 aromatic rings. The zero-order valence-corrected chi connectivity index (χ0v) is 22.2. The average Bonchev–Trinajstić information content (AvgIpc) is 2.68. The van der Waals surface area contributed by atoms with Gasteiger partial charge in [0.05, 0.1) is 0 Å². The summed E-state index contributed by atoms with van der Waals surface area (Å²) in [6, 6.07) is 0. The van der Waals surface area contributed by atoms with Crippen molar-refractivity contribution in [2.24, 2.45) is 38.8 Å². The quantitative estimate of drug-likeness (QED) is 0.340. The maximum absolute atomic E-state index is 7.00. The van der Waals surface area contributed by atoms with Crippen molar-refractivity contribution in [3.8, 4) is 0 Å². The summed E-state index contributed by atoms with van der Waals surface area (Å²) < 4.78 is 4.19. The van der Waals surface area contributed by atoms with Crippen LogP contribution in [0.5, 0.6) is 0 Å². The molecule has 27 heavy (non-hydrogen) atoms. The van der Waals surface area contributed by atoms with Crippen molar-refractivity contribution in [3.63, 3.8) is 0 Å². The predicted octanol–water partition coefficient (Wildman–Crippen LogP) is 7.30. The standard InChI is InChI=1S/C11H21.C7H13.C5H11N.CH4O.Nb/c1-7-6-8(2)10(4)11(5)9(7)3;1-7-5-3-2-4-6-7;1-4-5(2,3)6;1-2;/h6-11H,1-5H3;2,7H,3-6H2,1H3;4H2,1-3H3;2H,1H3;/q2*-1;;;. The van der Waals surface area contributed by atoms with Gasteiger partial charge in [-0.25, -0.2) is 0 Å². The van der Waals surface area contributed by atoms with E-state index in [9.17, 15) is 0 Å². The van der Waals surface area contributed by atoms with Gasteiger partial charge in [0.2, 0.25) is 0 Å². The van der Waals surface area contributed by atoms with Crippen molar-refractivity contribution in [2.75, 3.05) is 7.11 Å². The fraction of sp³-hybridized carbons (Fsp3) is 0.917. The summed E-state index contributed by atoms with van der Waals surface area (Å²) in [5.74, 6) is 5.28. The molecule has 2 saturated carbocycles. The molecule has 0 saturated heterocycles. The summed E-state index contributed by atoms with van der Waals surface area (Å²) in [6.45, 7) is 20.6. The van der Waals surface area contributed by atoms with Crippen LogP contribution >= 0.6 is 0 Å². The first-order valence-electron chi connectivity index (χ1n) is 11.0. The Morgan fingerprint density at radius 2 is 1.30 bits per heavy atom. The Morgan fingerprint density at radius 3 is 1.52 bits per heavy atom. The van der Waals surface area contributed by atoms with E-state index in [4.69, 9.17) is 5.11 Å². The molecule has 0 aromatic heterocycles. The van der Waals surface area contributed by atoms with Gasteiger partial charge in [0, 0.05) is 7.11 Å². The molecule has 2 fully saturated rings. The van der Waals surface area contributed by atoms with Crippen molar-refractivity contribution in [1.82, 2.24) is 0 Å². The topological polar surface area (TPSA) is 32.6 Å². The van der Waals surface area contributed by atoms with Crippen LogP contribution in [0.2, 0.25) is 0 Å². The molecule has 4 atom stereocenters. The van der Waals surface area contributed by atoms with Crippen LogP contribution in [0.4, 0.5) is 0 Å². The average molecular weight is 461 g/mol. The Bertz CT molecular complexity index is 338. The molecule has 0 heterocycles. The minimum Gasteiger partial charge on any atom is -0.400 e. The van der Waals surface area contributed by atoms with E-state index in [1.165, 1.54) is 25.7 Å². The van der Waals surface area contributed by atoms with Crippen LogP contribution in [0, 0.1) is 48.3 Å². The molecule has 2 nitrogen and oxygen atoms in total. The summed E-state index contributed by atoms with van der Waals surface area (Å²) >= 11 is 1.55. The predicted molar refractivity (Wildman–Crippen MR) is 117 cm³/mol. The third-order valence-corrected chi connectivity index (χ3v) is 8.12. The normalized spacial score (nSPS) is 31.1. The van der Waals surface area contributed by atoms with Gasteiger partial charge < -0.3 is 17.9 Å². The van der Waals surface area contributed by atoms with Crippen molar-refractivity contribution in [3.05, 3.63) is 12.8 Å². The van der Waals surface area contributed by atoms with E-state index in [2.05, 4.69) is 78.5 Å². The van der Waals surface area contributed by atoms with Gasteiger partial charge in [-0.3, -0.25) is 0 Å². The van der Waals surface area contributed by atoms with Crippen LogP contribution in [0.3, 0.4) is 0 Å². The largest absolute Gasteiger partial charge is 0.400 e. The minimum absolute atomic E-state index is 0.231. The Hall–Kier alpha value is 0.500. The number of hydrogen-bond donors (Lipinski definition) is 1. The van der Waals surface area contributed by atoms with Crippen molar-refractivity contribution < 1.29 is 26.0 Å². The summed E-state index contributed by atoms with van der Waals surface area (Å²) in [5, 5.41) is 7.00. The van der Waals surface area contributed by atoms with Gasteiger partial charge in [-0.1, -0.05) is 66.2 Å². The van der Waals surface area contributed by atoms with Gasteiger partial charge in [-0.15, -0.1) is 0 Å². The Balaban J connectivity index is 0. The monoisotopic (exact) mass is 460 g/mol. The van der Waals surface area contributed by atoms with E-state index in [1.54, 1.807) is 20.9 Å². The first-order valence-corrected chi connectivity index (χ1v) is 12.0. The minimum atomic E-state index is 0.231. The molecule has 1 N–H and O–H groups in total. The molecule has 2 rings (SSSR count). The van der Waals surface area contributed by atoms with Crippen LogP contribution < -0.4 is 0 Å². The number of nitrogens with zero attached hydrogens (tertiary/aromatic N) is 1. The Morgan fingerprint density at radius 1 is 0.889 bits per heavy atom. The van der Waals surface area contributed by atoms with Crippen molar-refractivity contribution >= 4 is 0 Å². The maximum atomic E-state index is 7.00. The van der Waals surface area contributed by atoms with E-state index in [0.717, 1.165) is 49.0 Å². The summed E-state index contributed by atoms with van der Waals surface area (Å²) in [5.41, 5.74) is 0.231. The van der Waals surface area contributed by atoms with E-state index in [-0.39, 0.29) is 5.54 Å². The van der Waals surface area contributed by atoms with E-state index in [0.29, 0.717) is 0 Å².